The van der Waals surface area contributed by atoms with Crippen molar-refractivity contribution in [1.82, 2.24) is 18.2 Å². The van der Waals surface area contributed by atoms with Gasteiger partial charge in [0.15, 0.2) is 0 Å². The van der Waals surface area contributed by atoms with Crippen molar-refractivity contribution in [3.63, 3.8) is 0 Å². The van der Waals surface area contributed by atoms with Crippen LogP contribution in [-0.2, 0) is 21.5 Å². The van der Waals surface area contributed by atoms with Gasteiger partial charge in [-0.15, -0.1) is 0 Å². The second-order valence-corrected chi connectivity index (χ2v) is 8.32. The Morgan fingerprint density at radius 3 is 2.46 bits per heavy atom. The van der Waals surface area contributed by atoms with Crippen LogP contribution in [0, 0.1) is 12.8 Å². The van der Waals surface area contributed by atoms with Gasteiger partial charge in [-0.1, -0.05) is 0 Å². The average molecular weight is 356 g/mol. The van der Waals surface area contributed by atoms with Crippen LogP contribution in [0.4, 0.5) is 0 Å². The smallest absolute Gasteiger partial charge is 0.282 e. The fourth-order valence-corrected chi connectivity index (χ4v) is 4.84. The average Bonchev–Trinajstić information content (AvgIpc) is 2.60. The van der Waals surface area contributed by atoms with E-state index in [2.05, 4.69) is 4.98 Å². The Kier molecular flexibility index (Phi) is 5.33. The van der Waals surface area contributed by atoms with Gasteiger partial charge in [0.2, 0.25) is 0 Å². The van der Waals surface area contributed by atoms with Gasteiger partial charge in [0.1, 0.15) is 0 Å². The number of piperidine rings is 1. The summed E-state index contributed by atoms with van der Waals surface area (Å²) in [7, 11) is -3.39. The molecule has 0 unspecified atom stereocenters. The van der Waals surface area contributed by atoms with Gasteiger partial charge in [0, 0.05) is 44.5 Å². The fourth-order valence-electron chi connectivity index (χ4n) is 3.23. The van der Waals surface area contributed by atoms with Gasteiger partial charge in [-0.3, -0.25) is 9.36 Å². The second-order valence-electron chi connectivity index (χ2n) is 6.40. The molecular weight excluding hydrogens is 332 g/mol. The predicted octanol–water partition coefficient (Wildman–Crippen LogP) is -0.159. The molecule has 3 rings (SSSR count). The Bertz CT molecular complexity index is 719. The van der Waals surface area contributed by atoms with E-state index in [1.807, 2.05) is 0 Å². The number of morpholine rings is 1. The van der Waals surface area contributed by atoms with E-state index < -0.39 is 10.2 Å². The predicted molar refractivity (Wildman–Crippen MR) is 88.8 cm³/mol. The summed E-state index contributed by atoms with van der Waals surface area (Å²) in [5.74, 6) is 0.294. The highest BCUT2D eigenvalue weighted by molar-refractivity contribution is 7.86. The van der Waals surface area contributed by atoms with E-state index in [4.69, 9.17) is 4.74 Å². The van der Waals surface area contributed by atoms with Crippen molar-refractivity contribution >= 4 is 10.2 Å². The summed E-state index contributed by atoms with van der Waals surface area (Å²) >= 11 is 0. The maximum Gasteiger partial charge on any atom is 0.282 e. The zero-order valence-corrected chi connectivity index (χ0v) is 14.7. The molecule has 0 radical (unpaired) electrons. The molecule has 24 heavy (non-hydrogen) atoms. The summed E-state index contributed by atoms with van der Waals surface area (Å²) in [5.41, 5.74) is 0.609. The molecule has 9 heteroatoms. The van der Waals surface area contributed by atoms with Crippen LogP contribution < -0.4 is 5.56 Å². The van der Waals surface area contributed by atoms with Crippen molar-refractivity contribution in [2.24, 2.45) is 5.92 Å². The van der Waals surface area contributed by atoms with Crippen molar-refractivity contribution in [1.29, 1.82) is 0 Å². The van der Waals surface area contributed by atoms with E-state index in [0.29, 0.717) is 57.4 Å². The van der Waals surface area contributed by atoms with Gasteiger partial charge in [-0.2, -0.15) is 17.0 Å². The van der Waals surface area contributed by atoms with Crippen molar-refractivity contribution < 1.29 is 13.2 Å². The van der Waals surface area contributed by atoms with Gasteiger partial charge in [0.05, 0.1) is 19.5 Å². The topological polar surface area (TPSA) is 84.7 Å². The van der Waals surface area contributed by atoms with Crippen LogP contribution in [0.2, 0.25) is 0 Å². The summed E-state index contributed by atoms with van der Waals surface area (Å²) in [6.07, 6.45) is 4.64. The molecule has 0 amide bonds. The molecule has 0 aromatic carbocycles. The SMILES string of the molecule is Cc1cncn(CC2CCN(S(=O)(=O)N3CCOCC3)CC2)c1=O. The van der Waals surface area contributed by atoms with Gasteiger partial charge in [-0.25, -0.2) is 4.98 Å². The second kappa shape index (κ2) is 7.30. The minimum Gasteiger partial charge on any atom is -0.379 e. The van der Waals surface area contributed by atoms with Crippen molar-refractivity contribution in [2.75, 3.05) is 39.4 Å². The van der Waals surface area contributed by atoms with E-state index in [-0.39, 0.29) is 5.56 Å². The normalized spacial score (nSPS) is 21.9. The van der Waals surface area contributed by atoms with E-state index >= 15 is 0 Å². The largest absolute Gasteiger partial charge is 0.379 e. The van der Waals surface area contributed by atoms with Crippen molar-refractivity contribution in [3.05, 3.63) is 28.4 Å². The molecule has 2 aliphatic rings. The maximum absolute atomic E-state index is 12.6. The van der Waals surface area contributed by atoms with Crippen LogP contribution in [0.15, 0.2) is 17.3 Å². The number of rotatable bonds is 4. The monoisotopic (exact) mass is 356 g/mol. The molecule has 2 saturated heterocycles. The lowest BCUT2D eigenvalue weighted by atomic mass is 9.98. The summed E-state index contributed by atoms with van der Waals surface area (Å²) in [6.45, 7) is 5.11. The summed E-state index contributed by atoms with van der Waals surface area (Å²) < 4.78 is 35.2. The number of aromatic nitrogens is 2. The first-order valence-corrected chi connectivity index (χ1v) is 9.72. The first kappa shape index (κ1) is 17.5. The van der Waals surface area contributed by atoms with Gasteiger partial charge >= 0.3 is 0 Å². The number of nitrogens with zero attached hydrogens (tertiary/aromatic N) is 4. The molecule has 0 aliphatic carbocycles. The Balaban J connectivity index is 1.59. The molecule has 2 aliphatic heterocycles. The van der Waals surface area contributed by atoms with Crippen LogP contribution >= 0.6 is 0 Å². The lowest BCUT2D eigenvalue weighted by Crippen LogP contribution is -2.51. The van der Waals surface area contributed by atoms with Crippen LogP contribution in [0.25, 0.3) is 0 Å². The molecule has 2 fully saturated rings. The lowest BCUT2D eigenvalue weighted by Gasteiger charge is -2.36. The lowest BCUT2D eigenvalue weighted by molar-refractivity contribution is 0.0692. The molecule has 3 heterocycles. The third-order valence-electron chi connectivity index (χ3n) is 4.72. The summed E-state index contributed by atoms with van der Waals surface area (Å²) in [5, 5.41) is 0. The van der Waals surface area contributed by atoms with Gasteiger partial charge < -0.3 is 4.74 Å². The Morgan fingerprint density at radius 2 is 1.79 bits per heavy atom. The molecule has 8 nitrogen and oxygen atoms in total. The molecule has 0 bridgehead atoms. The highest BCUT2D eigenvalue weighted by Gasteiger charge is 2.33. The molecule has 1 aromatic rings. The van der Waals surface area contributed by atoms with Crippen molar-refractivity contribution in [2.45, 2.75) is 26.3 Å². The number of hydrogen-bond acceptors (Lipinski definition) is 5. The molecular formula is C15H24N4O4S. The molecule has 0 atom stereocenters. The number of hydrogen-bond donors (Lipinski definition) is 0. The van der Waals surface area contributed by atoms with E-state index in [1.165, 1.54) is 4.31 Å². The van der Waals surface area contributed by atoms with E-state index in [0.717, 1.165) is 12.8 Å². The Hall–Kier alpha value is -1.29. The minimum atomic E-state index is -3.39. The zero-order chi connectivity index (χ0) is 17.2. The third-order valence-corrected chi connectivity index (χ3v) is 6.76. The third kappa shape index (κ3) is 3.69. The summed E-state index contributed by atoms with van der Waals surface area (Å²) in [6, 6.07) is 0. The highest BCUT2D eigenvalue weighted by atomic mass is 32.2. The van der Waals surface area contributed by atoms with Gasteiger partial charge in [-0.05, 0) is 25.7 Å². The summed E-state index contributed by atoms with van der Waals surface area (Å²) in [4.78, 5) is 16.1. The minimum absolute atomic E-state index is 0.0200. The van der Waals surface area contributed by atoms with Gasteiger partial charge in [0.25, 0.3) is 15.8 Å². The first-order chi connectivity index (χ1) is 11.5. The molecule has 0 spiro atoms. The van der Waals surface area contributed by atoms with E-state index in [1.54, 1.807) is 28.3 Å². The quantitative estimate of drug-likeness (QED) is 0.748. The standard InChI is InChI=1S/C15H24N4O4S/c1-13-10-16-12-17(15(13)20)11-14-2-4-18(5-3-14)24(21,22)19-6-8-23-9-7-19/h10,12,14H,2-9,11H2,1H3. The molecule has 1 aromatic heterocycles. The molecule has 134 valence electrons. The zero-order valence-electron chi connectivity index (χ0n) is 13.9. The highest BCUT2D eigenvalue weighted by Crippen LogP contribution is 2.22. The Morgan fingerprint density at radius 1 is 1.17 bits per heavy atom. The van der Waals surface area contributed by atoms with Crippen LogP contribution in [-0.4, -0.2) is 66.0 Å². The van der Waals surface area contributed by atoms with Crippen LogP contribution in [0.5, 0.6) is 0 Å². The van der Waals surface area contributed by atoms with Crippen LogP contribution in [0.3, 0.4) is 0 Å². The molecule has 0 saturated carbocycles. The van der Waals surface area contributed by atoms with Crippen molar-refractivity contribution in [3.8, 4) is 0 Å². The number of ether oxygens (including phenoxy) is 1. The maximum atomic E-state index is 12.6. The Labute approximate surface area is 142 Å². The van der Waals surface area contributed by atoms with E-state index in [9.17, 15) is 13.2 Å². The molecule has 0 N–H and O–H groups in total. The fraction of sp³-hybridized carbons (Fsp3) is 0.733. The number of aryl methyl sites for hydroxylation is 1. The first-order valence-electron chi connectivity index (χ1n) is 8.32. The van der Waals surface area contributed by atoms with Crippen LogP contribution in [0.1, 0.15) is 18.4 Å².